The molecular weight excluding hydrogens is 416 g/mol. The third kappa shape index (κ3) is 4.51. The molecule has 0 spiro atoms. The standard InChI is InChI=1S/C25H26N6O2/c1-17-13-31(16-26-17)20-10-12-23(29-25(20)32-3)27-22-11-9-19-14-30(2)15-21(33-24(19)28-22)18-7-5-4-6-8-18/h4-13,16,21H,14-15H2,1-3H3,(H,27,28,29)/t21-/m0/s1. The Morgan fingerprint density at radius 1 is 1.03 bits per heavy atom. The number of methoxy groups -OCH3 is 1. The predicted octanol–water partition coefficient (Wildman–Crippen LogP) is 4.29. The van der Waals surface area contributed by atoms with Crippen molar-refractivity contribution in [3.63, 3.8) is 0 Å². The van der Waals surface area contributed by atoms with Crippen molar-refractivity contribution in [2.24, 2.45) is 0 Å². The van der Waals surface area contributed by atoms with Gasteiger partial charge in [-0.3, -0.25) is 4.90 Å². The average molecular weight is 443 g/mol. The van der Waals surface area contributed by atoms with Gasteiger partial charge in [-0.15, -0.1) is 0 Å². The number of ether oxygens (including phenoxy) is 2. The van der Waals surface area contributed by atoms with Gasteiger partial charge < -0.3 is 19.4 Å². The molecule has 0 fully saturated rings. The topological polar surface area (TPSA) is 77.3 Å². The van der Waals surface area contributed by atoms with E-state index < -0.39 is 0 Å². The number of likely N-dealkylation sites (N-methyl/N-ethyl adjacent to an activating group) is 1. The summed E-state index contributed by atoms with van der Waals surface area (Å²) in [6, 6.07) is 18.1. The minimum absolute atomic E-state index is 0.0867. The number of nitrogens with one attached hydrogen (secondary N) is 1. The van der Waals surface area contributed by atoms with E-state index in [-0.39, 0.29) is 6.10 Å². The first kappa shape index (κ1) is 21.0. The van der Waals surface area contributed by atoms with Gasteiger partial charge in [-0.05, 0) is 43.8 Å². The van der Waals surface area contributed by atoms with Gasteiger partial charge in [0.1, 0.15) is 23.4 Å². The highest BCUT2D eigenvalue weighted by Crippen LogP contribution is 2.31. The van der Waals surface area contributed by atoms with Gasteiger partial charge >= 0.3 is 0 Å². The molecule has 1 N–H and O–H groups in total. The van der Waals surface area contributed by atoms with Gasteiger partial charge in [0.05, 0.1) is 19.1 Å². The van der Waals surface area contributed by atoms with Crippen molar-refractivity contribution in [2.45, 2.75) is 19.6 Å². The molecule has 1 aliphatic heterocycles. The number of anilines is 2. The molecule has 5 rings (SSSR count). The van der Waals surface area contributed by atoms with E-state index in [0.717, 1.165) is 35.6 Å². The number of fused-ring (bicyclic) bond motifs is 1. The summed E-state index contributed by atoms with van der Waals surface area (Å²) in [5.74, 6) is 2.42. The van der Waals surface area contributed by atoms with Crippen molar-refractivity contribution in [3.8, 4) is 17.4 Å². The fourth-order valence-electron chi connectivity index (χ4n) is 3.95. The van der Waals surface area contributed by atoms with Crippen LogP contribution in [0.15, 0.2) is 67.1 Å². The Bertz CT molecular complexity index is 1260. The molecule has 4 heterocycles. The van der Waals surface area contributed by atoms with Crippen molar-refractivity contribution in [3.05, 3.63) is 83.9 Å². The molecule has 0 saturated carbocycles. The molecule has 0 radical (unpaired) electrons. The Morgan fingerprint density at radius 3 is 2.58 bits per heavy atom. The number of aromatic nitrogens is 4. The number of nitrogens with zero attached hydrogens (tertiary/aromatic N) is 5. The van der Waals surface area contributed by atoms with E-state index in [4.69, 9.17) is 14.5 Å². The normalized spacial score (nSPS) is 15.9. The minimum Gasteiger partial charge on any atom is -0.479 e. The molecule has 33 heavy (non-hydrogen) atoms. The lowest BCUT2D eigenvalue weighted by Gasteiger charge is -2.20. The third-order valence-electron chi connectivity index (χ3n) is 5.56. The zero-order chi connectivity index (χ0) is 22.8. The Hall–Kier alpha value is -3.91. The molecule has 0 aliphatic carbocycles. The largest absolute Gasteiger partial charge is 0.479 e. The summed E-state index contributed by atoms with van der Waals surface area (Å²) in [4.78, 5) is 15.9. The molecule has 3 aromatic heterocycles. The van der Waals surface area contributed by atoms with Crippen LogP contribution in [0.5, 0.6) is 11.8 Å². The summed E-state index contributed by atoms with van der Waals surface area (Å²) in [6.45, 7) is 3.51. The van der Waals surface area contributed by atoms with Gasteiger partial charge in [-0.25, -0.2) is 4.98 Å². The first-order chi connectivity index (χ1) is 16.1. The summed E-state index contributed by atoms with van der Waals surface area (Å²) in [5.41, 5.74) is 3.93. The van der Waals surface area contributed by atoms with Crippen LogP contribution in [0, 0.1) is 6.92 Å². The van der Waals surface area contributed by atoms with Gasteiger partial charge in [0, 0.05) is 24.8 Å². The fourth-order valence-corrected chi connectivity index (χ4v) is 3.95. The van der Waals surface area contributed by atoms with Crippen LogP contribution in [0.25, 0.3) is 5.69 Å². The minimum atomic E-state index is -0.0867. The molecule has 1 atom stereocenters. The van der Waals surface area contributed by atoms with Gasteiger partial charge in [-0.2, -0.15) is 9.97 Å². The van der Waals surface area contributed by atoms with Crippen LogP contribution in [0.3, 0.4) is 0 Å². The van der Waals surface area contributed by atoms with Crippen molar-refractivity contribution >= 4 is 11.6 Å². The van der Waals surface area contributed by atoms with Gasteiger partial charge in [-0.1, -0.05) is 30.3 Å². The molecule has 8 nitrogen and oxygen atoms in total. The molecular formula is C25H26N6O2. The van der Waals surface area contributed by atoms with E-state index in [9.17, 15) is 0 Å². The van der Waals surface area contributed by atoms with E-state index in [1.165, 1.54) is 0 Å². The molecule has 0 bridgehead atoms. The second-order valence-corrected chi connectivity index (χ2v) is 8.15. The second-order valence-electron chi connectivity index (χ2n) is 8.15. The average Bonchev–Trinajstić information content (AvgIpc) is 3.18. The molecule has 0 amide bonds. The van der Waals surface area contributed by atoms with Crippen molar-refractivity contribution in [2.75, 3.05) is 26.0 Å². The van der Waals surface area contributed by atoms with E-state index >= 15 is 0 Å². The van der Waals surface area contributed by atoms with Crippen LogP contribution in [-0.2, 0) is 6.54 Å². The lowest BCUT2D eigenvalue weighted by atomic mass is 10.1. The molecule has 168 valence electrons. The van der Waals surface area contributed by atoms with Crippen LogP contribution in [-0.4, -0.2) is 45.1 Å². The molecule has 4 aromatic rings. The third-order valence-corrected chi connectivity index (χ3v) is 5.56. The summed E-state index contributed by atoms with van der Waals surface area (Å²) >= 11 is 0. The smallest absolute Gasteiger partial charge is 0.240 e. The maximum absolute atomic E-state index is 6.37. The predicted molar refractivity (Wildman–Crippen MR) is 126 cm³/mol. The van der Waals surface area contributed by atoms with Gasteiger partial charge in [0.25, 0.3) is 0 Å². The quantitative estimate of drug-likeness (QED) is 0.494. The van der Waals surface area contributed by atoms with Gasteiger partial charge in [0.15, 0.2) is 0 Å². The lowest BCUT2D eigenvalue weighted by molar-refractivity contribution is 0.160. The van der Waals surface area contributed by atoms with Crippen molar-refractivity contribution in [1.82, 2.24) is 24.4 Å². The highest BCUT2D eigenvalue weighted by atomic mass is 16.5. The SMILES string of the molecule is COc1nc(Nc2ccc3c(n2)O[C@H](c2ccccc2)CN(C)C3)ccc1-n1cnc(C)c1. The van der Waals surface area contributed by atoms with E-state index in [1.54, 1.807) is 13.4 Å². The van der Waals surface area contributed by atoms with Crippen molar-refractivity contribution < 1.29 is 9.47 Å². The monoisotopic (exact) mass is 442 g/mol. The van der Waals surface area contributed by atoms with Crippen LogP contribution >= 0.6 is 0 Å². The van der Waals surface area contributed by atoms with Crippen LogP contribution in [0.1, 0.15) is 22.9 Å². The number of hydrogen-bond donors (Lipinski definition) is 1. The molecule has 1 aromatic carbocycles. The fraction of sp³-hybridized carbons (Fsp3) is 0.240. The number of hydrogen-bond acceptors (Lipinski definition) is 7. The zero-order valence-corrected chi connectivity index (χ0v) is 18.9. The van der Waals surface area contributed by atoms with Crippen LogP contribution < -0.4 is 14.8 Å². The molecule has 0 unspecified atom stereocenters. The summed E-state index contributed by atoms with van der Waals surface area (Å²) in [5, 5.41) is 3.28. The number of pyridine rings is 2. The maximum atomic E-state index is 6.37. The molecule has 0 saturated heterocycles. The first-order valence-electron chi connectivity index (χ1n) is 10.8. The summed E-state index contributed by atoms with van der Waals surface area (Å²) < 4.78 is 13.8. The zero-order valence-electron chi connectivity index (χ0n) is 18.9. The van der Waals surface area contributed by atoms with Gasteiger partial charge in [0.2, 0.25) is 11.8 Å². The van der Waals surface area contributed by atoms with Crippen molar-refractivity contribution in [1.29, 1.82) is 0 Å². The number of imidazole rings is 1. The Labute approximate surface area is 192 Å². The Morgan fingerprint density at radius 2 is 1.82 bits per heavy atom. The summed E-state index contributed by atoms with van der Waals surface area (Å²) in [6.07, 6.45) is 3.59. The van der Waals surface area contributed by atoms with Crippen LogP contribution in [0.2, 0.25) is 0 Å². The first-order valence-corrected chi connectivity index (χ1v) is 10.8. The maximum Gasteiger partial charge on any atom is 0.240 e. The number of benzene rings is 1. The highest BCUT2D eigenvalue weighted by molar-refractivity contribution is 5.57. The Kier molecular flexibility index (Phi) is 5.66. The number of rotatable bonds is 5. The second kappa shape index (κ2) is 8.91. The molecule has 1 aliphatic rings. The van der Waals surface area contributed by atoms with E-state index in [2.05, 4.69) is 45.4 Å². The molecule has 8 heteroatoms. The lowest BCUT2D eigenvalue weighted by Crippen LogP contribution is -2.24. The number of aryl methyl sites for hydroxylation is 1. The van der Waals surface area contributed by atoms with E-state index in [0.29, 0.717) is 23.4 Å². The Balaban J connectivity index is 1.41. The summed E-state index contributed by atoms with van der Waals surface area (Å²) in [7, 11) is 3.70. The van der Waals surface area contributed by atoms with Crippen LogP contribution in [0.4, 0.5) is 11.6 Å². The highest BCUT2D eigenvalue weighted by Gasteiger charge is 2.23. The van der Waals surface area contributed by atoms with E-state index in [1.807, 2.05) is 54.1 Å².